The molecular formula is C34H38ClF3N6O5. The Labute approximate surface area is 286 Å². The third-order valence-electron chi connectivity index (χ3n) is 9.34. The molecular weight excluding hydrogens is 665 g/mol. The van der Waals surface area contributed by atoms with Crippen LogP contribution in [0.1, 0.15) is 48.2 Å². The molecule has 0 unspecified atom stereocenters. The summed E-state index contributed by atoms with van der Waals surface area (Å²) in [4.78, 5) is 37.3. The van der Waals surface area contributed by atoms with E-state index in [1.165, 1.54) is 24.3 Å². The fourth-order valence-electron chi connectivity index (χ4n) is 6.77. The summed E-state index contributed by atoms with van der Waals surface area (Å²) in [5.74, 6) is -0.731. The average Bonchev–Trinajstić information content (AvgIpc) is 3.50. The zero-order valence-corrected chi connectivity index (χ0v) is 27.7. The Bertz CT molecular complexity index is 1680. The topological polar surface area (TPSA) is 132 Å². The van der Waals surface area contributed by atoms with Gasteiger partial charge in [-0.1, -0.05) is 29.8 Å². The molecule has 0 saturated carbocycles. The number of alkyl halides is 3. The number of anilines is 2. The van der Waals surface area contributed by atoms with E-state index >= 15 is 0 Å². The second-order valence-electron chi connectivity index (χ2n) is 12.6. The number of halogens is 4. The second kappa shape index (κ2) is 14.4. The van der Waals surface area contributed by atoms with E-state index in [1.807, 2.05) is 4.90 Å². The molecule has 3 fully saturated rings. The number of ether oxygens (including phenoxy) is 3. The standard InChI is InChI=1S/C34H38ClF3N6O5/c1-2-48-31(46)26-19-33(20-40-26)8-10-43(11-9-33)27-18-28(42-32(39)41-27)49-29(34(36,37)38)24-7-6-23(35)17-25(24)21-4-3-5-22(16-21)30(45)44-12-14-47-15-13-44/h3-7,16-18,26,29,40H,2,8-15,19-20H2,1H3,(H2,39,41,42)/t26-,29+/m0/s1. The van der Waals surface area contributed by atoms with Crippen molar-refractivity contribution < 1.29 is 37.0 Å². The highest BCUT2D eigenvalue weighted by atomic mass is 35.5. The number of aromatic nitrogens is 2. The molecule has 15 heteroatoms. The van der Waals surface area contributed by atoms with Gasteiger partial charge in [0.1, 0.15) is 11.9 Å². The van der Waals surface area contributed by atoms with Gasteiger partial charge in [-0.2, -0.15) is 23.1 Å². The number of amides is 1. The molecule has 0 bridgehead atoms. The number of benzene rings is 2. The summed E-state index contributed by atoms with van der Waals surface area (Å²) in [7, 11) is 0. The molecule has 1 spiro atoms. The van der Waals surface area contributed by atoms with Gasteiger partial charge >= 0.3 is 12.1 Å². The van der Waals surface area contributed by atoms with Crippen LogP contribution in [0.5, 0.6) is 5.88 Å². The van der Waals surface area contributed by atoms with Gasteiger partial charge in [0.2, 0.25) is 17.9 Å². The van der Waals surface area contributed by atoms with Crippen LogP contribution in [0.3, 0.4) is 0 Å². The van der Waals surface area contributed by atoms with Gasteiger partial charge in [-0.15, -0.1) is 0 Å². The van der Waals surface area contributed by atoms with Gasteiger partial charge in [0.15, 0.2) is 0 Å². The van der Waals surface area contributed by atoms with Crippen LogP contribution in [0.25, 0.3) is 11.1 Å². The van der Waals surface area contributed by atoms with E-state index in [4.69, 9.17) is 31.5 Å². The average molecular weight is 703 g/mol. The number of nitrogen functional groups attached to an aromatic ring is 1. The van der Waals surface area contributed by atoms with Crippen LogP contribution in [0.2, 0.25) is 5.02 Å². The summed E-state index contributed by atoms with van der Waals surface area (Å²) in [6, 6.07) is 11.5. The summed E-state index contributed by atoms with van der Waals surface area (Å²) in [5, 5.41) is 3.49. The highest BCUT2D eigenvalue weighted by Gasteiger charge is 2.46. The van der Waals surface area contributed by atoms with Crippen LogP contribution in [-0.4, -0.2) is 91.5 Å². The number of hydrogen-bond acceptors (Lipinski definition) is 10. The van der Waals surface area contributed by atoms with E-state index in [0.29, 0.717) is 75.9 Å². The highest BCUT2D eigenvalue weighted by molar-refractivity contribution is 6.30. The molecule has 1 aromatic heterocycles. The summed E-state index contributed by atoms with van der Waals surface area (Å²) in [6.45, 7) is 5.53. The van der Waals surface area contributed by atoms with Crippen molar-refractivity contribution in [2.24, 2.45) is 5.41 Å². The van der Waals surface area contributed by atoms with E-state index in [2.05, 4.69) is 15.3 Å². The molecule has 0 radical (unpaired) electrons. The molecule has 262 valence electrons. The molecule has 6 rings (SSSR count). The third kappa shape index (κ3) is 7.86. The van der Waals surface area contributed by atoms with Crippen molar-refractivity contribution in [1.82, 2.24) is 20.2 Å². The first-order valence-electron chi connectivity index (χ1n) is 16.2. The Morgan fingerprint density at radius 1 is 1.10 bits per heavy atom. The fraction of sp³-hybridized carbons (Fsp3) is 0.471. The lowest BCUT2D eigenvalue weighted by atomic mass is 9.76. The van der Waals surface area contributed by atoms with Crippen molar-refractivity contribution in [1.29, 1.82) is 0 Å². The smallest absolute Gasteiger partial charge is 0.429 e. The second-order valence-corrected chi connectivity index (χ2v) is 13.0. The monoisotopic (exact) mass is 702 g/mol. The third-order valence-corrected chi connectivity index (χ3v) is 9.57. The number of piperidine rings is 1. The number of carbonyl (C=O) groups is 2. The van der Waals surface area contributed by atoms with Crippen LogP contribution in [0.15, 0.2) is 48.5 Å². The Hall–Kier alpha value is -4.14. The summed E-state index contributed by atoms with van der Waals surface area (Å²) in [5.41, 5.74) is 6.54. The minimum Gasteiger partial charge on any atom is -0.465 e. The predicted octanol–water partition coefficient (Wildman–Crippen LogP) is 5.05. The maximum absolute atomic E-state index is 14.8. The quantitative estimate of drug-likeness (QED) is 0.308. The van der Waals surface area contributed by atoms with Gasteiger partial charge in [-0.3, -0.25) is 9.59 Å². The number of rotatable bonds is 8. The summed E-state index contributed by atoms with van der Waals surface area (Å²) < 4.78 is 60.7. The molecule has 11 nitrogen and oxygen atoms in total. The molecule has 49 heavy (non-hydrogen) atoms. The Kier molecular flexibility index (Phi) is 10.2. The molecule has 2 aromatic carbocycles. The number of nitrogens with two attached hydrogens (primary N) is 1. The molecule has 2 atom stereocenters. The Balaban J connectivity index is 1.24. The molecule has 3 aromatic rings. The highest BCUT2D eigenvalue weighted by Crippen LogP contribution is 2.43. The molecule has 0 aliphatic carbocycles. The van der Waals surface area contributed by atoms with E-state index in [9.17, 15) is 22.8 Å². The van der Waals surface area contributed by atoms with E-state index in [1.54, 1.807) is 36.1 Å². The van der Waals surface area contributed by atoms with E-state index in [-0.39, 0.29) is 51.3 Å². The zero-order valence-electron chi connectivity index (χ0n) is 27.0. The Morgan fingerprint density at radius 3 is 2.57 bits per heavy atom. The maximum atomic E-state index is 14.8. The van der Waals surface area contributed by atoms with Gasteiger partial charge in [0, 0.05) is 54.9 Å². The molecule has 3 saturated heterocycles. The van der Waals surface area contributed by atoms with Crippen molar-refractivity contribution in [3.05, 3.63) is 64.7 Å². The first-order valence-corrected chi connectivity index (χ1v) is 16.6. The number of hydrogen-bond donors (Lipinski definition) is 2. The van der Waals surface area contributed by atoms with Crippen molar-refractivity contribution in [2.75, 3.05) is 63.2 Å². The van der Waals surface area contributed by atoms with Gasteiger partial charge in [-0.25, -0.2) is 0 Å². The summed E-state index contributed by atoms with van der Waals surface area (Å²) in [6.07, 6.45) is -5.19. The van der Waals surface area contributed by atoms with Crippen molar-refractivity contribution in [2.45, 2.75) is 44.5 Å². The molecule has 1 amide bonds. The first kappa shape index (κ1) is 34.7. The molecule has 4 heterocycles. The van der Waals surface area contributed by atoms with Gasteiger partial charge in [0.25, 0.3) is 5.91 Å². The van der Waals surface area contributed by atoms with Gasteiger partial charge in [0.05, 0.1) is 19.8 Å². The lowest BCUT2D eigenvalue weighted by molar-refractivity contribution is -0.198. The normalized spacial score (nSPS) is 19.9. The van der Waals surface area contributed by atoms with Gasteiger partial charge < -0.3 is 35.1 Å². The lowest BCUT2D eigenvalue weighted by Crippen LogP contribution is -2.41. The van der Waals surface area contributed by atoms with Crippen LogP contribution in [0, 0.1) is 5.41 Å². The maximum Gasteiger partial charge on any atom is 0.429 e. The molecule has 3 aliphatic rings. The van der Waals surface area contributed by atoms with Crippen molar-refractivity contribution in [3.8, 4) is 17.0 Å². The number of morpholine rings is 1. The number of esters is 1. The molecule has 3 aliphatic heterocycles. The van der Waals surface area contributed by atoms with Crippen molar-refractivity contribution >= 4 is 35.2 Å². The minimum atomic E-state index is -4.87. The van der Waals surface area contributed by atoms with Crippen LogP contribution >= 0.6 is 11.6 Å². The minimum absolute atomic E-state index is 0.0949. The SMILES string of the molecule is CCOC(=O)[C@@H]1CC2(CCN(c3cc(O[C@H](c4ccc(Cl)cc4-c4cccc(C(=O)N5CCOCC5)c4)C(F)(F)F)nc(N)n3)CC2)CN1. The van der Waals surface area contributed by atoms with Crippen molar-refractivity contribution in [3.63, 3.8) is 0 Å². The van der Waals surface area contributed by atoms with Crippen LogP contribution in [-0.2, 0) is 14.3 Å². The van der Waals surface area contributed by atoms with Gasteiger partial charge in [-0.05, 0) is 67.0 Å². The summed E-state index contributed by atoms with van der Waals surface area (Å²) >= 11 is 6.30. The zero-order chi connectivity index (χ0) is 34.8. The Morgan fingerprint density at radius 2 is 1.86 bits per heavy atom. The first-order chi connectivity index (χ1) is 23.4. The number of nitrogens with zero attached hydrogens (tertiary/aromatic N) is 4. The largest absolute Gasteiger partial charge is 0.465 e. The molecule has 3 N–H and O–H groups in total. The predicted molar refractivity (Wildman–Crippen MR) is 176 cm³/mol. The van der Waals surface area contributed by atoms with Crippen LogP contribution < -0.4 is 20.7 Å². The van der Waals surface area contributed by atoms with Crippen LogP contribution in [0.4, 0.5) is 24.9 Å². The number of carbonyl (C=O) groups excluding carboxylic acids is 2. The van der Waals surface area contributed by atoms with E-state index in [0.717, 1.165) is 12.8 Å². The van der Waals surface area contributed by atoms with E-state index < -0.39 is 12.3 Å². The fourth-order valence-corrected chi connectivity index (χ4v) is 6.95. The lowest BCUT2D eigenvalue weighted by Gasteiger charge is -2.39. The number of nitrogens with one attached hydrogen (secondary N) is 1.